The SMILES string of the molecule is CCCOc1c(CN[C@H](Cc2c[nH]c3ccccc23)C(=O)O)cc(Cl)cc1OC. The Morgan fingerprint density at radius 3 is 2.79 bits per heavy atom. The molecule has 3 rings (SSSR count). The van der Waals surface area contributed by atoms with Crippen molar-refractivity contribution in [1.29, 1.82) is 0 Å². The zero-order valence-corrected chi connectivity index (χ0v) is 17.3. The van der Waals surface area contributed by atoms with E-state index in [4.69, 9.17) is 21.1 Å². The highest BCUT2D eigenvalue weighted by atomic mass is 35.5. The molecular formula is C22H25ClN2O4. The molecule has 0 saturated heterocycles. The van der Waals surface area contributed by atoms with Gasteiger partial charge < -0.3 is 19.6 Å². The lowest BCUT2D eigenvalue weighted by Gasteiger charge is -2.18. The van der Waals surface area contributed by atoms with Crippen LogP contribution in [0.4, 0.5) is 0 Å². The minimum atomic E-state index is -0.916. The van der Waals surface area contributed by atoms with Gasteiger partial charge in [-0.1, -0.05) is 36.7 Å². The zero-order chi connectivity index (χ0) is 20.8. The number of hydrogen-bond donors (Lipinski definition) is 3. The Bertz CT molecular complexity index is 986. The fraction of sp³-hybridized carbons (Fsp3) is 0.318. The van der Waals surface area contributed by atoms with Crippen LogP contribution >= 0.6 is 11.6 Å². The summed E-state index contributed by atoms with van der Waals surface area (Å²) in [7, 11) is 1.55. The number of aromatic nitrogens is 1. The Kier molecular flexibility index (Phi) is 7.01. The number of carboxylic acids is 1. The van der Waals surface area contributed by atoms with E-state index in [-0.39, 0.29) is 6.54 Å². The molecule has 0 radical (unpaired) electrons. The average Bonchev–Trinajstić information content (AvgIpc) is 3.12. The van der Waals surface area contributed by atoms with Crippen LogP contribution in [0.3, 0.4) is 0 Å². The number of carbonyl (C=O) groups is 1. The second kappa shape index (κ2) is 9.67. The number of nitrogens with one attached hydrogen (secondary N) is 2. The maximum Gasteiger partial charge on any atom is 0.321 e. The molecule has 0 aliphatic heterocycles. The second-order valence-corrected chi connectivity index (χ2v) is 7.22. The molecule has 3 aromatic rings. The molecule has 0 fully saturated rings. The molecule has 0 aliphatic carbocycles. The second-order valence-electron chi connectivity index (χ2n) is 6.78. The van der Waals surface area contributed by atoms with Gasteiger partial charge in [0.25, 0.3) is 0 Å². The molecule has 0 bridgehead atoms. The van der Waals surface area contributed by atoms with Gasteiger partial charge in [0.05, 0.1) is 13.7 Å². The molecule has 6 nitrogen and oxygen atoms in total. The van der Waals surface area contributed by atoms with E-state index in [9.17, 15) is 9.90 Å². The van der Waals surface area contributed by atoms with Crippen molar-refractivity contribution in [3.63, 3.8) is 0 Å². The molecule has 0 spiro atoms. The van der Waals surface area contributed by atoms with E-state index < -0.39 is 12.0 Å². The number of rotatable bonds is 10. The maximum atomic E-state index is 11.9. The summed E-state index contributed by atoms with van der Waals surface area (Å²) in [5.41, 5.74) is 2.70. The Morgan fingerprint density at radius 1 is 1.28 bits per heavy atom. The number of ether oxygens (including phenoxy) is 2. The summed E-state index contributed by atoms with van der Waals surface area (Å²) in [5, 5.41) is 14.4. The number of halogens is 1. The van der Waals surface area contributed by atoms with Gasteiger partial charge in [-0.15, -0.1) is 0 Å². The van der Waals surface area contributed by atoms with Crippen LogP contribution < -0.4 is 14.8 Å². The summed E-state index contributed by atoms with van der Waals surface area (Å²) in [5.74, 6) is 0.203. The highest BCUT2D eigenvalue weighted by Crippen LogP contribution is 2.35. The number of fused-ring (bicyclic) bond motifs is 1. The summed E-state index contributed by atoms with van der Waals surface area (Å²) in [6.45, 7) is 2.83. The number of H-pyrrole nitrogens is 1. The quantitative estimate of drug-likeness (QED) is 0.456. The number of aromatic amines is 1. The Labute approximate surface area is 174 Å². The number of methoxy groups -OCH3 is 1. The number of para-hydroxylation sites is 1. The molecule has 3 N–H and O–H groups in total. The first kappa shape index (κ1) is 21.0. The third-order valence-electron chi connectivity index (χ3n) is 4.70. The van der Waals surface area contributed by atoms with Gasteiger partial charge in [0.1, 0.15) is 6.04 Å². The number of hydrogen-bond acceptors (Lipinski definition) is 4. The summed E-state index contributed by atoms with van der Waals surface area (Å²) in [6.07, 6.45) is 3.06. The van der Waals surface area contributed by atoms with E-state index in [1.807, 2.05) is 37.4 Å². The lowest BCUT2D eigenvalue weighted by molar-refractivity contribution is -0.139. The summed E-state index contributed by atoms with van der Waals surface area (Å²) in [6, 6.07) is 10.5. The molecule has 154 valence electrons. The molecule has 2 aromatic carbocycles. The fourth-order valence-electron chi connectivity index (χ4n) is 3.27. The van der Waals surface area contributed by atoms with Gasteiger partial charge in [-0.25, -0.2) is 0 Å². The van der Waals surface area contributed by atoms with Crippen LogP contribution in [0.2, 0.25) is 5.02 Å². The molecule has 0 aliphatic rings. The largest absolute Gasteiger partial charge is 0.493 e. The molecule has 1 aromatic heterocycles. The minimum Gasteiger partial charge on any atom is -0.493 e. The highest BCUT2D eigenvalue weighted by Gasteiger charge is 2.21. The van der Waals surface area contributed by atoms with Gasteiger partial charge in [-0.2, -0.15) is 0 Å². The monoisotopic (exact) mass is 416 g/mol. The molecule has 1 atom stereocenters. The third-order valence-corrected chi connectivity index (χ3v) is 4.92. The lowest BCUT2D eigenvalue weighted by Crippen LogP contribution is -2.38. The normalized spacial score (nSPS) is 12.1. The van der Waals surface area contributed by atoms with E-state index in [1.165, 1.54) is 0 Å². The van der Waals surface area contributed by atoms with Crippen LogP contribution in [0, 0.1) is 0 Å². The molecular weight excluding hydrogens is 392 g/mol. The highest BCUT2D eigenvalue weighted by molar-refractivity contribution is 6.30. The van der Waals surface area contributed by atoms with Crippen LogP contribution in [0.15, 0.2) is 42.6 Å². The van der Waals surface area contributed by atoms with Gasteiger partial charge >= 0.3 is 5.97 Å². The van der Waals surface area contributed by atoms with Crippen molar-refractivity contribution < 1.29 is 19.4 Å². The smallest absolute Gasteiger partial charge is 0.321 e. The van der Waals surface area contributed by atoms with Crippen LogP contribution in [-0.4, -0.2) is 35.8 Å². The first-order valence-corrected chi connectivity index (χ1v) is 9.91. The first-order chi connectivity index (χ1) is 14.0. The van der Waals surface area contributed by atoms with Crippen LogP contribution in [0.5, 0.6) is 11.5 Å². The predicted molar refractivity (Wildman–Crippen MR) is 114 cm³/mol. The van der Waals surface area contributed by atoms with Crippen molar-refractivity contribution in [2.45, 2.75) is 32.4 Å². The number of benzene rings is 2. The molecule has 0 amide bonds. The van der Waals surface area contributed by atoms with E-state index in [1.54, 1.807) is 19.2 Å². The molecule has 7 heteroatoms. The van der Waals surface area contributed by atoms with E-state index in [2.05, 4.69) is 10.3 Å². The molecule has 29 heavy (non-hydrogen) atoms. The Hall–Kier alpha value is -2.70. The van der Waals surface area contributed by atoms with Gasteiger partial charge in [0.15, 0.2) is 11.5 Å². The van der Waals surface area contributed by atoms with Crippen molar-refractivity contribution in [3.05, 3.63) is 58.7 Å². The lowest BCUT2D eigenvalue weighted by atomic mass is 10.0. The molecule has 0 unspecified atom stereocenters. The van der Waals surface area contributed by atoms with E-state index in [0.717, 1.165) is 28.5 Å². The summed E-state index contributed by atoms with van der Waals surface area (Å²) < 4.78 is 11.2. The number of aliphatic carboxylic acids is 1. The summed E-state index contributed by atoms with van der Waals surface area (Å²) in [4.78, 5) is 15.1. The first-order valence-electron chi connectivity index (χ1n) is 9.53. The van der Waals surface area contributed by atoms with Gasteiger partial charge in [-0.3, -0.25) is 10.1 Å². The van der Waals surface area contributed by atoms with Gasteiger partial charge in [-0.05, 0) is 24.1 Å². The van der Waals surface area contributed by atoms with Crippen LogP contribution in [0.25, 0.3) is 10.9 Å². The topological polar surface area (TPSA) is 83.6 Å². The number of carboxylic acid groups (broad SMARTS) is 1. The van der Waals surface area contributed by atoms with Crippen molar-refractivity contribution in [1.82, 2.24) is 10.3 Å². The predicted octanol–water partition coefficient (Wildman–Crippen LogP) is 4.40. The van der Waals surface area contributed by atoms with Crippen molar-refractivity contribution in [3.8, 4) is 11.5 Å². The zero-order valence-electron chi connectivity index (χ0n) is 16.5. The average molecular weight is 417 g/mol. The fourth-order valence-corrected chi connectivity index (χ4v) is 3.50. The standard InChI is InChI=1S/C22H25ClN2O4/c1-3-8-29-21-15(9-16(23)11-20(21)28-2)13-25-19(22(26)27)10-14-12-24-18-7-5-4-6-17(14)18/h4-7,9,11-12,19,24-25H,3,8,10,13H2,1-2H3,(H,26,27)/t19-/m1/s1. The van der Waals surface area contributed by atoms with Crippen molar-refractivity contribution in [2.75, 3.05) is 13.7 Å². The summed E-state index contributed by atoms with van der Waals surface area (Å²) >= 11 is 6.21. The maximum absolute atomic E-state index is 11.9. The van der Waals surface area contributed by atoms with Gasteiger partial charge in [0.2, 0.25) is 0 Å². The molecule has 0 saturated carbocycles. The van der Waals surface area contributed by atoms with Crippen molar-refractivity contribution in [2.24, 2.45) is 0 Å². The van der Waals surface area contributed by atoms with E-state index in [0.29, 0.717) is 29.5 Å². The Morgan fingerprint density at radius 2 is 2.07 bits per heavy atom. The van der Waals surface area contributed by atoms with Crippen LogP contribution in [-0.2, 0) is 17.8 Å². The minimum absolute atomic E-state index is 0.287. The molecule has 1 heterocycles. The van der Waals surface area contributed by atoms with Gasteiger partial charge in [0, 0.05) is 46.7 Å². The third kappa shape index (κ3) is 5.02. The van der Waals surface area contributed by atoms with Crippen molar-refractivity contribution >= 4 is 28.5 Å². The Balaban J connectivity index is 1.80. The van der Waals surface area contributed by atoms with Crippen LogP contribution in [0.1, 0.15) is 24.5 Å². The van der Waals surface area contributed by atoms with E-state index >= 15 is 0 Å².